The molecule has 1 aliphatic rings. The molecular weight excluding hydrogens is 243 g/mol. The number of aryl methyl sites for hydroxylation is 1. The third kappa shape index (κ3) is 3.94. The van der Waals surface area contributed by atoms with Gasteiger partial charge in [0.15, 0.2) is 0 Å². The van der Waals surface area contributed by atoms with E-state index in [9.17, 15) is 9.18 Å². The third-order valence-electron chi connectivity index (χ3n) is 3.80. The van der Waals surface area contributed by atoms with Gasteiger partial charge in [-0.15, -0.1) is 0 Å². The van der Waals surface area contributed by atoms with Gasteiger partial charge in [0.25, 0.3) is 0 Å². The van der Waals surface area contributed by atoms with Crippen LogP contribution in [0.1, 0.15) is 38.2 Å². The fraction of sp³-hybridized carbons (Fsp3) is 0.533. The van der Waals surface area contributed by atoms with Gasteiger partial charge in [-0.3, -0.25) is 0 Å². The minimum Gasteiger partial charge on any atom is -0.335 e. The molecule has 0 spiro atoms. The van der Waals surface area contributed by atoms with Crippen LogP contribution in [0.5, 0.6) is 0 Å². The van der Waals surface area contributed by atoms with E-state index >= 15 is 0 Å². The summed E-state index contributed by atoms with van der Waals surface area (Å²) in [5, 5.41) is 5.68. The van der Waals surface area contributed by atoms with Crippen LogP contribution in [0.15, 0.2) is 18.2 Å². The lowest BCUT2D eigenvalue weighted by Crippen LogP contribution is -2.40. The van der Waals surface area contributed by atoms with Crippen LogP contribution in [-0.4, -0.2) is 12.1 Å². The van der Waals surface area contributed by atoms with Crippen LogP contribution in [0.3, 0.4) is 0 Å². The van der Waals surface area contributed by atoms with E-state index in [-0.39, 0.29) is 17.9 Å². The van der Waals surface area contributed by atoms with Gasteiger partial charge in [-0.25, -0.2) is 9.18 Å². The quantitative estimate of drug-likeness (QED) is 0.837. The van der Waals surface area contributed by atoms with Crippen LogP contribution in [0.2, 0.25) is 0 Å². The number of nitrogens with one attached hydrogen (secondary N) is 2. The Hall–Kier alpha value is -1.58. The summed E-state index contributed by atoms with van der Waals surface area (Å²) in [6, 6.07) is 4.39. The van der Waals surface area contributed by atoms with Crippen LogP contribution in [-0.2, 0) is 0 Å². The molecule has 1 saturated carbocycles. The van der Waals surface area contributed by atoms with Crippen molar-refractivity contribution in [2.24, 2.45) is 5.92 Å². The molecule has 1 aromatic carbocycles. The van der Waals surface area contributed by atoms with E-state index in [0.717, 1.165) is 37.2 Å². The number of hydrogen-bond acceptors (Lipinski definition) is 1. The first kappa shape index (κ1) is 13.8. The average molecular weight is 264 g/mol. The van der Waals surface area contributed by atoms with Crippen LogP contribution < -0.4 is 10.6 Å². The second kappa shape index (κ2) is 6.04. The Morgan fingerprint density at radius 3 is 2.63 bits per heavy atom. The lowest BCUT2D eigenvalue weighted by molar-refractivity contribution is 0.239. The SMILES string of the molecule is Cc1ccc(F)cc1NC(=O)NC1CCC(C)CC1. The van der Waals surface area contributed by atoms with Gasteiger partial charge in [-0.05, 0) is 56.2 Å². The molecule has 2 rings (SSSR count). The molecule has 0 aliphatic heterocycles. The van der Waals surface area contributed by atoms with E-state index in [2.05, 4.69) is 17.6 Å². The van der Waals surface area contributed by atoms with Crippen molar-refractivity contribution >= 4 is 11.7 Å². The van der Waals surface area contributed by atoms with E-state index in [1.807, 2.05) is 6.92 Å². The molecule has 3 nitrogen and oxygen atoms in total. The van der Waals surface area contributed by atoms with Crippen molar-refractivity contribution in [3.8, 4) is 0 Å². The Bertz CT molecular complexity index is 453. The summed E-state index contributed by atoms with van der Waals surface area (Å²) < 4.78 is 13.1. The summed E-state index contributed by atoms with van der Waals surface area (Å²) in [6.07, 6.45) is 4.36. The zero-order chi connectivity index (χ0) is 13.8. The fourth-order valence-electron chi connectivity index (χ4n) is 2.48. The zero-order valence-electron chi connectivity index (χ0n) is 11.5. The van der Waals surface area contributed by atoms with E-state index < -0.39 is 0 Å². The van der Waals surface area contributed by atoms with Crippen molar-refractivity contribution in [1.82, 2.24) is 5.32 Å². The molecule has 1 aromatic rings. The number of benzene rings is 1. The monoisotopic (exact) mass is 264 g/mol. The Morgan fingerprint density at radius 1 is 1.26 bits per heavy atom. The molecule has 2 N–H and O–H groups in total. The predicted octanol–water partition coefficient (Wildman–Crippen LogP) is 3.83. The summed E-state index contributed by atoms with van der Waals surface area (Å²) >= 11 is 0. The predicted molar refractivity (Wildman–Crippen MR) is 74.7 cm³/mol. The van der Waals surface area contributed by atoms with Gasteiger partial charge in [0.2, 0.25) is 0 Å². The number of halogens is 1. The van der Waals surface area contributed by atoms with Gasteiger partial charge in [0, 0.05) is 11.7 Å². The van der Waals surface area contributed by atoms with Crippen LogP contribution in [0.25, 0.3) is 0 Å². The number of urea groups is 1. The summed E-state index contributed by atoms with van der Waals surface area (Å²) in [5.41, 5.74) is 1.38. The number of carbonyl (C=O) groups excluding carboxylic acids is 1. The lowest BCUT2D eigenvalue weighted by Gasteiger charge is -2.27. The molecule has 0 saturated heterocycles. The Morgan fingerprint density at radius 2 is 1.95 bits per heavy atom. The van der Waals surface area contributed by atoms with Gasteiger partial charge in [-0.2, -0.15) is 0 Å². The minimum absolute atomic E-state index is 0.241. The van der Waals surface area contributed by atoms with Crippen molar-refractivity contribution in [2.75, 3.05) is 5.32 Å². The second-order valence-corrected chi connectivity index (χ2v) is 5.51. The van der Waals surface area contributed by atoms with E-state index in [4.69, 9.17) is 0 Å². The minimum atomic E-state index is -0.340. The molecule has 19 heavy (non-hydrogen) atoms. The lowest BCUT2D eigenvalue weighted by atomic mass is 9.87. The highest BCUT2D eigenvalue weighted by molar-refractivity contribution is 5.90. The maximum absolute atomic E-state index is 13.1. The van der Waals surface area contributed by atoms with Gasteiger partial charge in [-0.1, -0.05) is 13.0 Å². The summed E-state index contributed by atoms with van der Waals surface area (Å²) in [5.74, 6) is 0.416. The number of carbonyl (C=O) groups is 1. The highest BCUT2D eigenvalue weighted by Crippen LogP contribution is 2.23. The van der Waals surface area contributed by atoms with Gasteiger partial charge >= 0.3 is 6.03 Å². The molecule has 0 unspecified atom stereocenters. The van der Waals surface area contributed by atoms with E-state index in [1.165, 1.54) is 12.1 Å². The molecule has 1 fully saturated rings. The van der Waals surface area contributed by atoms with Crippen molar-refractivity contribution in [2.45, 2.75) is 45.6 Å². The van der Waals surface area contributed by atoms with Gasteiger partial charge in [0.1, 0.15) is 5.82 Å². The number of anilines is 1. The summed E-state index contributed by atoms with van der Waals surface area (Å²) in [6.45, 7) is 4.09. The summed E-state index contributed by atoms with van der Waals surface area (Å²) in [4.78, 5) is 11.9. The largest absolute Gasteiger partial charge is 0.335 e. The molecule has 0 aromatic heterocycles. The highest BCUT2D eigenvalue weighted by atomic mass is 19.1. The second-order valence-electron chi connectivity index (χ2n) is 5.51. The van der Waals surface area contributed by atoms with Crippen molar-refractivity contribution in [3.05, 3.63) is 29.6 Å². The van der Waals surface area contributed by atoms with Crippen LogP contribution in [0, 0.1) is 18.7 Å². The molecule has 4 heteroatoms. The van der Waals surface area contributed by atoms with Crippen molar-refractivity contribution in [1.29, 1.82) is 0 Å². The van der Waals surface area contributed by atoms with Crippen molar-refractivity contribution in [3.63, 3.8) is 0 Å². The fourth-order valence-corrected chi connectivity index (χ4v) is 2.48. The molecule has 1 aliphatic carbocycles. The molecular formula is C15H21FN2O. The van der Waals surface area contributed by atoms with Crippen molar-refractivity contribution < 1.29 is 9.18 Å². The smallest absolute Gasteiger partial charge is 0.319 e. The molecule has 2 amide bonds. The number of amides is 2. The maximum Gasteiger partial charge on any atom is 0.319 e. The molecule has 0 radical (unpaired) electrons. The Kier molecular flexibility index (Phi) is 4.40. The number of rotatable bonds is 2. The third-order valence-corrected chi connectivity index (χ3v) is 3.80. The summed E-state index contributed by atoms with van der Waals surface area (Å²) in [7, 11) is 0. The van der Waals surface area contributed by atoms with Gasteiger partial charge < -0.3 is 10.6 Å². The first-order chi connectivity index (χ1) is 9.04. The first-order valence-corrected chi connectivity index (χ1v) is 6.88. The molecule has 104 valence electrons. The maximum atomic E-state index is 13.1. The standard InChI is InChI=1S/C15H21FN2O/c1-10-3-7-13(8-4-10)17-15(19)18-14-9-12(16)6-5-11(14)2/h5-6,9-10,13H,3-4,7-8H2,1-2H3,(H2,17,18,19). The first-order valence-electron chi connectivity index (χ1n) is 6.88. The Balaban J connectivity index is 1.89. The van der Waals surface area contributed by atoms with Crippen LogP contribution in [0.4, 0.5) is 14.9 Å². The van der Waals surface area contributed by atoms with Gasteiger partial charge in [0.05, 0.1) is 0 Å². The molecule has 0 heterocycles. The molecule has 0 bridgehead atoms. The van der Waals surface area contributed by atoms with E-state index in [1.54, 1.807) is 6.07 Å². The topological polar surface area (TPSA) is 41.1 Å². The highest BCUT2D eigenvalue weighted by Gasteiger charge is 2.19. The zero-order valence-corrected chi connectivity index (χ0v) is 11.5. The van der Waals surface area contributed by atoms with Crippen LogP contribution >= 0.6 is 0 Å². The molecule has 0 atom stereocenters. The normalized spacial score (nSPS) is 22.9. The Labute approximate surface area is 113 Å². The average Bonchev–Trinajstić information content (AvgIpc) is 2.37. The van der Waals surface area contributed by atoms with E-state index in [0.29, 0.717) is 5.69 Å². The number of hydrogen-bond donors (Lipinski definition) is 2.